The maximum Gasteiger partial charge on any atom is 0.284 e. The lowest BCUT2D eigenvalue weighted by molar-refractivity contribution is -0.385. The third kappa shape index (κ3) is 2.72. The van der Waals surface area contributed by atoms with Gasteiger partial charge in [0, 0.05) is 11.6 Å². The first-order chi connectivity index (χ1) is 8.16. The molecule has 0 bridgehead atoms. The molecule has 0 N–H and O–H groups in total. The number of aromatic nitrogens is 3. The van der Waals surface area contributed by atoms with Gasteiger partial charge in [-0.3, -0.25) is 10.1 Å². The molecule has 2 rings (SSSR count). The number of rotatable bonds is 3. The minimum Gasteiger partial charge on any atom is -0.258 e. The van der Waals surface area contributed by atoms with Crippen LogP contribution in [0.5, 0.6) is 0 Å². The zero-order chi connectivity index (χ0) is 12.3. The second-order valence-corrected chi connectivity index (χ2v) is 3.91. The molecule has 1 aromatic carbocycles. The number of nitro benzene ring substituents is 1. The summed E-state index contributed by atoms with van der Waals surface area (Å²) >= 11 is 3.11. The highest BCUT2D eigenvalue weighted by molar-refractivity contribution is 9.10. The molecule has 2 aromatic rings. The predicted molar refractivity (Wildman–Crippen MR) is 63.8 cm³/mol. The van der Waals surface area contributed by atoms with Gasteiger partial charge in [0.05, 0.1) is 15.6 Å². The van der Waals surface area contributed by atoms with Crippen molar-refractivity contribution in [3.05, 3.63) is 51.0 Å². The van der Waals surface area contributed by atoms with Crippen LogP contribution in [0.25, 0.3) is 0 Å². The van der Waals surface area contributed by atoms with Gasteiger partial charge in [-0.1, -0.05) is 6.07 Å². The topological polar surface area (TPSA) is 86.2 Å². The molecule has 0 aliphatic heterocycles. The van der Waals surface area contributed by atoms with E-state index < -0.39 is 4.92 Å². The Morgan fingerprint density at radius 2 is 2.12 bits per heavy atom. The molecule has 17 heavy (non-hydrogen) atoms. The molecule has 7 nitrogen and oxygen atoms in total. The van der Waals surface area contributed by atoms with Crippen molar-refractivity contribution >= 4 is 27.8 Å². The highest BCUT2D eigenvalue weighted by atomic mass is 79.9. The number of benzene rings is 1. The Hall–Kier alpha value is -2.09. The average molecular weight is 296 g/mol. The average Bonchev–Trinajstić information content (AvgIpc) is 2.80. The molecule has 0 radical (unpaired) electrons. The largest absolute Gasteiger partial charge is 0.284 e. The van der Waals surface area contributed by atoms with Crippen molar-refractivity contribution in [3.8, 4) is 0 Å². The lowest BCUT2D eigenvalue weighted by atomic mass is 10.2. The first-order valence-corrected chi connectivity index (χ1v) is 5.29. The first-order valence-electron chi connectivity index (χ1n) is 4.50. The van der Waals surface area contributed by atoms with Crippen LogP contribution in [-0.4, -0.2) is 26.0 Å². The van der Waals surface area contributed by atoms with Gasteiger partial charge in [-0.05, 0) is 22.0 Å². The predicted octanol–water partition coefficient (Wildman–Crippen LogP) is 1.83. The summed E-state index contributed by atoms with van der Waals surface area (Å²) in [5.74, 6) is 0. The van der Waals surface area contributed by atoms with Crippen LogP contribution in [0.15, 0.2) is 40.4 Å². The molecule has 0 spiro atoms. The first kappa shape index (κ1) is 11.4. The number of hydrogen-bond donors (Lipinski definition) is 0. The Labute approximate surface area is 104 Å². The van der Waals surface area contributed by atoms with Crippen LogP contribution in [0.4, 0.5) is 5.69 Å². The molecule has 86 valence electrons. The van der Waals surface area contributed by atoms with Crippen LogP contribution in [0, 0.1) is 10.1 Å². The summed E-state index contributed by atoms with van der Waals surface area (Å²) in [7, 11) is 0. The van der Waals surface area contributed by atoms with Crippen molar-refractivity contribution in [1.29, 1.82) is 0 Å². The van der Waals surface area contributed by atoms with Gasteiger partial charge in [0.15, 0.2) is 0 Å². The van der Waals surface area contributed by atoms with E-state index in [1.165, 1.54) is 29.6 Å². The number of nitro groups is 1. The van der Waals surface area contributed by atoms with Gasteiger partial charge in [0.2, 0.25) is 0 Å². The monoisotopic (exact) mass is 295 g/mol. The molecular weight excluding hydrogens is 290 g/mol. The standard InChI is InChI=1S/C9H6BrN5O2/c10-8-2-1-7(3-9(8)15(16)17)4-13-14-5-11-12-6-14/h1-6H/b13-4-. The second kappa shape index (κ2) is 4.83. The van der Waals surface area contributed by atoms with Gasteiger partial charge in [-0.2, -0.15) is 5.10 Å². The van der Waals surface area contributed by atoms with Crippen LogP contribution >= 0.6 is 15.9 Å². The molecule has 0 aliphatic carbocycles. The SMILES string of the molecule is O=[N+]([O-])c1cc(/C=N\n2cnnc2)ccc1Br. The molecule has 0 saturated carbocycles. The molecule has 0 unspecified atom stereocenters. The summed E-state index contributed by atoms with van der Waals surface area (Å²) in [6.45, 7) is 0. The zero-order valence-corrected chi connectivity index (χ0v) is 9.98. The van der Waals surface area contributed by atoms with Gasteiger partial charge < -0.3 is 0 Å². The van der Waals surface area contributed by atoms with Crippen LogP contribution < -0.4 is 0 Å². The highest BCUT2D eigenvalue weighted by Gasteiger charge is 2.11. The van der Waals surface area contributed by atoms with E-state index in [4.69, 9.17) is 0 Å². The van der Waals surface area contributed by atoms with E-state index in [1.54, 1.807) is 12.1 Å². The van der Waals surface area contributed by atoms with Crippen LogP contribution in [0.1, 0.15) is 5.56 Å². The molecule has 1 heterocycles. The number of halogens is 1. The van der Waals surface area contributed by atoms with E-state index in [9.17, 15) is 10.1 Å². The Morgan fingerprint density at radius 1 is 1.41 bits per heavy atom. The van der Waals surface area contributed by atoms with E-state index in [0.29, 0.717) is 10.0 Å². The number of nitrogens with zero attached hydrogens (tertiary/aromatic N) is 5. The van der Waals surface area contributed by atoms with Crippen molar-refractivity contribution in [3.63, 3.8) is 0 Å². The zero-order valence-electron chi connectivity index (χ0n) is 8.39. The van der Waals surface area contributed by atoms with Crippen LogP contribution in [0.2, 0.25) is 0 Å². The molecular formula is C9H6BrN5O2. The van der Waals surface area contributed by atoms with Crippen molar-refractivity contribution < 1.29 is 4.92 Å². The maximum atomic E-state index is 10.7. The fourth-order valence-electron chi connectivity index (χ4n) is 1.14. The van der Waals surface area contributed by atoms with E-state index in [0.717, 1.165) is 0 Å². The molecule has 0 amide bonds. The fourth-order valence-corrected chi connectivity index (χ4v) is 1.53. The Balaban J connectivity index is 2.28. The summed E-state index contributed by atoms with van der Waals surface area (Å²) in [5.41, 5.74) is 0.617. The molecule has 0 saturated heterocycles. The quantitative estimate of drug-likeness (QED) is 0.491. The fraction of sp³-hybridized carbons (Fsp3) is 0. The van der Waals surface area contributed by atoms with Crippen LogP contribution in [-0.2, 0) is 0 Å². The minimum atomic E-state index is -0.458. The van der Waals surface area contributed by atoms with Crippen molar-refractivity contribution in [1.82, 2.24) is 14.9 Å². The molecule has 0 atom stereocenters. The Kier molecular flexibility index (Phi) is 3.24. The van der Waals surface area contributed by atoms with Gasteiger partial charge in [0.25, 0.3) is 5.69 Å². The minimum absolute atomic E-state index is 0.00212. The third-order valence-corrected chi connectivity index (χ3v) is 2.58. The maximum absolute atomic E-state index is 10.7. The lowest BCUT2D eigenvalue weighted by Crippen LogP contribution is -1.92. The van der Waals surface area contributed by atoms with Crippen molar-refractivity contribution in [2.45, 2.75) is 0 Å². The Morgan fingerprint density at radius 3 is 2.76 bits per heavy atom. The van der Waals surface area contributed by atoms with Gasteiger partial charge in [-0.15, -0.1) is 10.2 Å². The van der Waals surface area contributed by atoms with Crippen LogP contribution in [0.3, 0.4) is 0 Å². The normalized spacial score (nSPS) is 10.9. The molecule has 0 aliphatic rings. The summed E-state index contributed by atoms with van der Waals surface area (Å²) < 4.78 is 1.83. The highest BCUT2D eigenvalue weighted by Crippen LogP contribution is 2.24. The second-order valence-electron chi connectivity index (χ2n) is 3.05. The van der Waals surface area contributed by atoms with E-state index >= 15 is 0 Å². The summed E-state index contributed by atoms with van der Waals surface area (Å²) in [6, 6.07) is 4.74. The van der Waals surface area contributed by atoms with Gasteiger partial charge >= 0.3 is 0 Å². The third-order valence-electron chi connectivity index (χ3n) is 1.91. The molecule has 1 aromatic heterocycles. The summed E-state index contributed by atoms with van der Waals surface area (Å²) in [4.78, 5) is 10.3. The lowest BCUT2D eigenvalue weighted by Gasteiger charge is -1.97. The van der Waals surface area contributed by atoms with E-state index in [-0.39, 0.29) is 5.69 Å². The molecule has 8 heteroatoms. The smallest absolute Gasteiger partial charge is 0.258 e. The van der Waals surface area contributed by atoms with Crippen molar-refractivity contribution in [2.24, 2.45) is 5.10 Å². The summed E-state index contributed by atoms with van der Waals surface area (Å²) in [5, 5.41) is 21.9. The molecule has 0 fully saturated rings. The number of hydrogen-bond acceptors (Lipinski definition) is 5. The van der Waals surface area contributed by atoms with E-state index in [2.05, 4.69) is 31.2 Å². The van der Waals surface area contributed by atoms with Crippen molar-refractivity contribution in [2.75, 3.05) is 0 Å². The Bertz CT molecular complexity index is 567. The van der Waals surface area contributed by atoms with E-state index in [1.807, 2.05) is 0 Å². The summed E-state index contributed by atoms with van der Waals surface area (Å²) in [6.07, 6.45) is 4.33. The van der Waals surface area contributed by atoms with Gasteiger partial charge in [-0.25, -0.2) is 4.68 Å². The van der Waals surface area contributed by atoms with Gasteiger partial charge in [0.1, 0.15) is 12.7 Å².